The van der Waals surface area contributed by atoms with E-state index in [9.17, 15) is 0 Å². The second kappa shape index (κ2) is 3.93. The van der Waals surface area contributed by atoms with E-state index in [2.05, 4.69) is 13.8 Å². The van der Waals surface area contributed by atoms with Gasteiger partial charge in [-0.25, -0.2) is 0 Å². The molecule has 14 heavy (non-hydrogen) atoms. The Kier molecular flexibility index (Phi) is 3.15. The molecular weight excluding hydrogens is 208 g/mol. The van der Waals surface area contributed by atoms with Crippen LogP contribution in [-0.4, -0.2) is 10.00 Å². The van der Waals surface area contributed by atoms with Gasteiger partial charge in [-0.1, -0.05) is 20.3 Å². The lowest BCUT2D eigenvalue weighted by atomic mass is 9.62. The molecule has 2 rings (SSSR count). The molecule has 0 aliphatic heterocycles. The van der Waals surface area contributed by atoms with E-state index in [1.54, 1.807) is 0 Å². The topological polar surface area (TPSA) is 0 Å². The van der Waals surface area contributed by atoms with Gasteiger partial charge in [-0.05, 0) is 43.4 Å². The van der Waals surface area contributed by atoms with Crippen molar-refractivity contribution in [1.82, 2.24) is 0 Å². The summed E-state index contributed by atoms with van der Waals surface area (Å²) in [6.45, 7) is 4.74. The third-order valence-electron chi connectivity index (χ3n) is 4.46. The van der Waals surface area contributed by atoms with Gasteiger partial charge in [-0.3, -0.25) is 0 Å². The van der Waals surface area contributed by atoms with Crippen molar-refractivity contribution in [2.75, 3.05) is 0 Å². The number of rotatable bonds is 1. The van der Waals surface area contributed by atoms with Crippen LogP contribution in [0.2, 0.25) is 0 Å². The Bertz CT molecular complexity index is 214. The summed E-state index contributed by atoms with van der Waals surface area (Å²) >= 11 is 9.69. The molecule has 2 fully saturated rings. The predicted molar refractivity (Wildman–Crippen MR) is 69.4 cm³/mol. The van der Waals surface area contributed by atoms with Crippen molar-refractivity contribution in [1.29, 1.82) is 0 Å². The normalized spacial score (nSPS) is 48.2. The van der Waals surface area contributed by atoms with Crippen molar-refractivity contribution in [3.05, 3.63) is 0 Å². The first-order chi connectivity index (χ1) is 6.55. The molecule has 0 spiro atoms. The van der Waals surface area contributed by atoms with Crippen LogP contribution in [0, 0.1) is 17.8 Å². The highest BCUT2D eigenvalue weighted by Crippen LogP contribution is 2.56. The third kappa shape index (κ3) is 1.63. The van der Waals surface area contributed by atoms with E-state index in [4.69, 9.17) is 25.3 Å². The van der Waals surface area contributed by atoms with Gasteiger partial charge in [0.15, 0.2) is 0 Å². The van der Waals surface area contributed by atoms with E-state index < -0.39 is 0 Å². The van der Waals surface area contributed by atoms with Gasteiger partial charge >= 0.3 is 0 Å². The van der Waals surface area contributed by atoms with Crippen LogP contribution < -0.4 is 0 Å². The summed E-state index contributed by atoms with van der Waals surface area (Å²) in [5.41, 5.74) is 0. The number of hydrogen-bond acceptors (Lipinski definition) is 2. The van der Waals surface area contributed by atoms with Crippen LogP contribution in [0.1, 0.15) is 46.0 Å². The Morgan fingerprint density at radius 1 is 1.21 bits per heavy atom. The molecule has 0 heterocycles. The summed E-state index contributed by atoms with van der Waals surface area (Å²) < 4.78 is 0.272. The van der Waals surface area contributed by atoms with Gasteiger partial charge in [0.2, 0.25) is 0 Å². The van der Waals surface area contributed by atoms with Crippen LogP contribution in [0.4, 0.5) is 0 Å². The quantitative estimate of drug-likeness (QED) is 0.629. The van der Waals surface area contributed by atoms with Crippen molar-refractivity contribution in [2.45, 2.75) is 55.9 Å². The minimum atomic E-state index is 0.272. The van der Waals surface area contributed by atoms with E-state index in [1.807, 2.05) is 0 Å². The maximum atomic E-state index is 4.94. The molecule has 0 aromatic heterocycles. The molecule has 2 aliphatic carbocycles. The largest absolute Gasteiger partial charge is 0.174 e. The highest BCUT2D eigenvalue weighted by molar-refractivity contribution is 7.85. The Labute approximate surface area is 99.1 Å². The first-order valence-electron chi connectivity index (χ1n) is 5.96. The van der Waals surface area contributed by atoms with Crippen LogP contribution in [0.5, 0.6) is 0 Å². The molecule has 82 valence electrons. The second-order valence-corrected chi connectivity index (χ2v) is 6.95. The minimum absolute atomic E-state index is 0.272. The molecule has 0 aromatic carbocycles. The van der Waals surface area contributed by atoms with Crippen LogP contribution in [0.3, 0.4) is 0 Å². The highest BCUT2D eigenvalue weighted by Gasteiger charge is 2.52. The van der Waals surface area contributed by atoms with Crippen molar-refractivity contribution in [2.24, 2.45) is 17.8 Å². The van der Waals surface area contributed by atoms with Crippen molar-refractivity contribution < 1.29 is 0 Å². The second-order valence-electron chi connectivity index (χ2n) is 5.49. The molecule has 4 atom stereocenters. The molecule has 0 amide bonds. The smallest absolute Gasteiger partial charge is 0.0277 e. The van der Waals surface area contributed by atoms with Gasteiger partial charge in [0.1, 0.15) is 0 Å². The van der Waals surface area contributed by atoms with Gasteiger partial charge in [0.25, 0.3) is 0 Å². The van der Waals surface area contributed by atoms with E-state index in [0.717, 1.165) is 17.8 Å². The summed E-state index contributed by atoms with van der Waals surface area (Å²) in [7, 11) is 0. The van der Waals surface area contributed by atoms with Gasteiger partial charge < -0.3 is 0 Å². The average Bonchev–Trinajstić information content (AvgIpc) is 2.18. The molecule has 0 saturated heterocycles. The molecule has 0 aromatic rings. The predicted octanol–water partition coefficient (Wildman–Crippen LogP) is 3.82. The molecule has 4 unspecified atom stereocenters. The van der Waals surface area contributed by atoms with Crippen LogP contribution in [-0.2, 0) is 0 Å². The monoisotopic (exact) mass is 230 g/mol. The Hall–Kier alpha value is 0.700. The van der Waals surface area contributed by atoms with Gasteiger partial charge in [0, 0.05) is 10.00 Å². The lowest BCUT2D eigenvalue weighted by molar-refractivity contribution is 0.112. The molecule has 2 aliphatic rings. The van der Waals surface area contributed by atoms with Crippen molar-refractivity contribution >= 4 is 25.3 Å². The minimum Gasteiger partial charge on any atom is -0.174 e. The maximum absolute atomic E-state index is 4.94. The molecule has 0 bridgehead atoms. The lowest BCUT2D eigenvalue weighted by Crippen LogP contribution is -2.52. The SMILES string of the molecule is CC(C)C1CCCC(S)C2(S)CCC12. The molecular formula is C12H22S2. The van der Waals surface area contributed by atoms with Crippen molar-refractivity contribution in [3.63, 3.8) is 0 Å². The highest BCUT2D eigenvalue weighted by atomic mass is 32.1. The molecule has 0 nitrogen and oxygen atoms in total. The average molecular weight is 230 g/mol. The van der Waals surface area contributed by atoms with Gasteiger partial charge in [0.05, 0.1) is 0 Å². The van der Waals surface area contributed by atoms with E-state index in [0.29, 0.717) is 5.25 Å². The fourth-order valence-electron chi connectivity index (χ4n) is 3.40. The standard InChI is InChI=1S/C12H22S2/c1-8(2)9-4-3-5-11(13)12(14)7-6-10(9)12/h8-11,13-14H,3-7H2,1-2H3. The van der Waals surface area contributed by atoms with E-state index in [1.165, 1.54) is 32.1 Å². The lowest BCUT2D eigenvalue weighted by Gasteiger charge is -2.52. The number of hydrogen-bond donors (Lipinski definition) is 2. The molecule has 0 N–H and O–H groups in total. The fraction of sp³-hybridized carbons (Fsp3) is 1.00. The molecule has 2 saturated carbocycles. The van der Waals surface area contributed by atoms with Crippen LogP contribution in [0.25, 0.3) is 0 Å². The van der Waals surface area contributed by atoms with Crippen LogP contribution in [0.15, 0.2) is 0 Å². The van der Waals surface area contributed by atoms with Crippen molar-refractivity contribution in [3.8, 4) is 0 Å². The Morgan fingerprint density at radius 3 is 2.43 bits per heavy atom. The van der Waals surface area contributed by atoms with Crippen LogP contribution >= 0.6 is 25.3 Å². The van der Waals surface area contributed by atoms with E-state index >= 15 is 0 Å². The summed E-state index contributed by atoms with van der Waals surface area (Å²) in [5.74, 6) is 2.57. The van der Waals surface area contributed by atoms with Gasteiger partial charge in [-0.2, -0.15) is 25.3 Å². The fourth-order valence-corrected chi connectivity index (χ4v) is 4.48. The first kappa shape index (κ1) is 11.2. The summed E-state index contributed by atoms with van der Waals surface area (Å²) in [4.78, 5) is 0. The summed E-state index contributed by atoms with van der Waals surface area (Å²) in [5, 5.41) is 0.535. The zero-order valence-electron chi connectivity index (χ0n) is 9.24. The molecule has 2 heteroatoms. The first-order valence-corrected chi connectivity index (χ1v) is 6.92. The number of thiol groups is 2. The zero-order chi connectivity index (χ0) is 10.3. The molecule has 0 radical (unpaired) electrons. The maximum Gasteiger partial charge on any atom is 0.0277 e. The Balaban J connectivity index is 2.17. The van der Waals surface area contributed by atoms with E-state index in [-0.39, 0.29) is 4.75 Å². The number of fused-ring (bicyclic) bond motifs is 1. The van der Waals surface area contributed by atoms with Gasteiger partial charge in [-0.15, -0.1) is 0 Å². The summed E-state index contributed by atoms with van der Waals surface area (Å²) in [6.07, 6.45) is 6.71. The zero-order valence-corrected chi connectivity index (χ0v) is 11.0. The summed E-state index contributed by atoms with van der Waals surface area (Å²) in [6, 6.07) is 0. The Morgan fingerprint density at radius 2 is 1.93 bits per heavy atom. The third-order valence-corrected chi connectivity index (χ3v) is 6.25.